The quantitative estimate of drug-likeness (QED) is 0.152. The highest BCUT2D eigenvalue weighted by Gasteiger charge is 2.26. The van der Waals surface area contributed by atoms with Crippen LogP contribution in [0.5, 0.6) is 23.0 Å². The van der Waals surface area contributed by atoms with Crippen molar-refractivity contribution in [3.8, 4) is 23.0 Å². The molecule has 1 heterocycles. The third-order valence-corrected chi connectivity index (χ3v) is 10.8. The third-order valence-electron chi connectivity index (χ3n) is 10.8. The van der Waals surface area contributed by atoms with Crippen molar-refractivity contribution in [1.82, 2.24) is 21.3 Å². The fourth-order valence-corrected chi connectivity index (χ4v) is 7.97. The molecule has 8 heteroatoms. The van der Waals surface area contributed by atoms with Crippen LogP contribution in [-0.4, -0.2) is 50.6 Å². The molecule has 3 aliphatic rings. The second kappa shape index (κ2) is 19.1. The smallest absolute Gasteiger partial charge is 0.123 e. The van der Waals surface area contributed by atoms with Gasteiger partial charge in [-0.2, -0.15) is 0 Å². The van der Waals surface area contributed by atoms with Gasteiger partial charge in [-0.3, -0.25) is 0 Å². The largest absolute Gasteiger partial charge is 0.490 e. The molecule has 276 valence electrons. The molecule has 1 aliphatic heterocycles. The standard InChI is InChI=1S/C44H56N4O4/c1-9-21-41-33(13-1)29-45-37-17-5-6-18-38(37)46-30-34-14-3-11-23-43(34)51-27-28-52-44-24-12-4-16-36(44)32-48-40-20-8-7-19-39(40)47-31-35-15-2-10-22-42(35)50-26-25-49-41/h1-4,9-16,21-24,37-40,45-48H,5-8,17-20,25-32H2. The maximum atomic E-state index is 6.33. The number of nitrogens with one attached hydrogen (secondary N) is 4. The number of ether oxygens (including phenoxy) is 4. The summed E-state index contributed by atoms with van der Waals surface area (Å²) in [6.45, 7) is 4.95. The van der Waals surface area contributed by atoms with E-state index in [9.17, 15) is 0 Å². The first-order chi connectivity index (χ1) is 25.8. The van der Waals surface area contributed by atoms with Crippen LogP contribution in [0.15, 0.2) is 97.1 Å². The first kappa shape index (κ1) is 36.3. The van der Waals surface area contributed by atoms with E-state index >= 15 is 0 Å². The summed E-state index contributed by atoms with van der Waals surface area (Å²) in [5.74, 6) is 3.65. The van der Waals surface area contributed by atoms with Crippen LogP contribution < -0.4 is 40.2 Å². The Balaban J connectivity index is 1.06. The van der Waals surface area contributed by atoms with Gasteiger partial charge in [-0.15, -0.1) is 0 Å². The lowest BCUT2D eigenvalue weighted by atomic mass is 9.90. The molecule has 0 spiro atoms. The Morgan fingerprint density at radius 3 is 0.808 bits per heavy atom. The van der Waals surface area contributed by atoms with E-state index in [1.807, 2.05) is 24.3 Å². The van der Waals surface area contributed by atoms with E-state index in [0.29, 0.717) is 50.6 Å². The number of para-hydroxylation sites is 4. The molecule has 8 nitrogen and oxygen atoms in total. The summed E-state index contributed by atoms with van der Waals surface area (Å²) in [5, 5.41) is 15.5. The monoisotopic (exact) mass is 704 g/mol. The van der Waals surface area contributed by atoms with Crippen LogP contribution >= 0.6 is 0 Å². The molecular weight excluding hydrogens is 649 g/mol. The highest BCUT2D eigenvalue weighted by Crippen LogP contribution is 2.26. The van der Waals surface area contributed by atoms with Crippen molar-refractivity contribution >= 4 is 0 Å². The number of benzene rings is 4. The van der Waals surface area contributed by atoms with Crippen molar-refractivity contribution in [2.24, 2.45) is 0 Å². The zero-order valence-electron chi connectivity index (χ0n) is 30.5. The van der Waals surface area contributed by atoms with Gasteiger partial charge >= 0.3 is 0 Å². The Kier molecular flexibility index (Phi) is 13.3. The van der Waals surface area contributed by atoms with Gasteiger partial charge in [-0.05, 0) is 49.9 Å². The molecule has 0 saturated heterocycles. The first-order valence-electron chi connectivity index (χ1n) is 19.6. The molecule has 2 saturated carbocycles. The maximum absolute atomic E-state index is 6.33. The fourth-order valence-electron chi connectivity index (χ4n) is 7.97. The number of rotatable bonds is 0. The van der Waals surface area contributed by atoms with Crippen molar-refractivity contribution < 1.29 is 18.9 Å². The summed E-state index contributed by atoms with van der Waals surface area (Å²) in [7, 11) is 0. The van der Waals surface area contributed by atoms with E-state index in [-0.39, 0.29) is 0 Å². The topological polar surface area (TPSA) is 85.0 Å². The Labute approximate surface area is 310 Å². The second-order valence-electron chi connectivity index (χ2n) is 14.3. The van der Waals surface area contributed by atoms with Crippen LogP contribution in [0.4, 0.5) is 0 Å². The van der Waals surface area contributed by atoms with Gasteiger partial charge in [0.2, 0.25) is 0 Å². The molecule has 4 atom stereocenters. The zero-order chi connectivity index (χ0) is 35.2. The van der Waals surface area contributed by atoms with Gasteiger partial charge in [0.25, 0.3) is 0 Å². The van der Waals surface area contributed by atoms with Gasteiger partial charge in [-0.25, -0.2) is 0 Å². The SMILES string of the molecule is c1ccc2c(c1)CNC1CCCCC1NCc1ccccc1OCCOc1ccccc1CNC1CCCCC1NCc1ccccc1OCCO2. The minimum atomic E-state index is 0.377. The first-order valence-corrected chi connectivity index (χ1v) is 19.6. The van der Waals surface area contributed by atoms with E-state index in [4.69, 9.17) is 18.9 Å². The summed E-state index contributed by atoms with van der Waals surface area (Å²) in [6, 6.07) is 35.0. The van der Waals surface area contributed by atoms with Gasteiger partial charge in [-0.1, -0.05) is 98.5 Å². The number of hydrogen-bond donors (Lipinski definition) is 4. The number of hydrogen-bond acceptors (Lipinski definition) is 8. The van der Waals surface area contributed by atoms with Gasteiger partial charge in [0.05, 0.1) is 0 Å². The van der Waals surface area contributed by atoms with Crippen molar-refractivity contribution in [3.05, 3.63) is 119 Å². The molecule has 4 aromatic carbocycles. The van der Waals surface area contributed by atoms with E-state index in [1.54, 1.807) is 0 Å². The molecule has 2 aliphatic carbocycles. The molecule has 2 fully saturated rings. The van der Waals surface area contributed by atoms with Gasteiger partial charge in [0, 0.05) is 72.6 Å². The zero-order valence-corrected chi connectivity index (χ0v) is 30.5. The fraction of sp³-hybridized carbons (Fsp3) is 0.455. The predicted molar refractivity (Wildman–Crippen MR) is 207 cm³/mol. The highest BCUT2D eigenvalue weighted by atomic mass is 16.5. The molecule has 4 aromatic rings. The van der Waals surface area contributed by atoms with E-state index in [2.05, 4.69) is 94.1 Å². The van der Waals surface area contributed by atoms with E-state index in [0.717, 1.165) is 74.9 Å². The third kappa shape index (κ3) is 10.1. The van der Waals surface area contributed by atoms with Crippen LogP contribution in [0, 0.1) is 0 Å². The summed E-state index contributed by atoms with van der Waals surface area (Å²) in [6.07, 6.45) is 9.55. The summed E-state index contributed by atoms with van der Waals surface area (Å²) < 4.78 is 25.3. The van der Waals surface area contributed by atoms with Crippen LogP contribution in [0.1, 0.15) is 73.6 Å². The minimum Gasteiger partial charge on any atom is -0.490 e. The van der Waals surface area contributed by atoms with Crippen LogP contribution in [-0.2, 0) is 26.2 Å². The summed E-state index contributed by atoms with van der Waals surface area (Å²) >= 11 is 0. The van der Waals surface area contributed by atoms with Crippen LogP contribution in [0.25, 0.3) is 0 Å². The minimum absolute atomic E-state index is 0.377. The van der Waals surface area contributed by atoms with Crippen molar-refractivity contribution in [3.63, 3.8) is 0 Å². The average Bonchev–Trinajstić information content (AvgIpc) is 3.19. The molecule has 0 amide bonds. The van der Waals surface area contributed by atoms with E-state index in [1.165, 1.54) is 47.9 Å². The van der Waals surface area contributed by atoms with Gasteiger partial charge in [0.15, 0.2) is 0 Å². The Bertz CT molecular complexity index is 1440. The lowest BCUT2D eigenvalue weighted by molar-refractivity contribution is 0.211. The van der Waals surface area contributed by atoms with Crippen LogP contribution in [0.2, 0.25) is 0 Å². The Morgan fingerprint density at radius 2 is 0.558 bits per heavy atom. The molecular formula is C44H56N4O4. The second-order valence-corrected chi connectivity index (χ2v) is 14.3. The molecule has 0 aromatic heterocycles. The molecule has 4 unspecified atom stereocenters. The molecule has 0 bridgehead atoms. The van der Waals surface area contributed by atoms with Crippen molar-refractivity contribution in [2.75, 3.05) is 26.4 Å². The highest BCUT2D eigenvalue weighted by molar-refractivity contribution is 5.36. The average molecular weight is 705 g/mol. The van der Waals surface area contributed by atoms with E-state index < -0.39 is 0 Å². The lowest BCUT2D eigenvalue weighted by Gasteiger charge is -2.33. The maximum Gasteiger partial charge on any atom is 0.123 e. The predicted octanol–water partition coefficient (Wildman–Crippen LogP) is 7.30. The summed E-state index contributed by atoms with van der Waals surface area (Å²) in [4.78, 5) is 0. The molecule has 7 rings (SSSR count). The van der Waals surface area contributed by atoms with Gasteiger partial charge in [0.1, 0.15) is 49.4 Å². The van der Waals surface area contributed by atoms with Crippen molar-refractivity contribution in [2.45, 2.75) is 102 Å². The van der Waals surface area contributed by atoms with Gasteiger partial charge < -0.3 is 40.2 Å². The molecule has 4 N–H and O–H groups in total. The number of fused-ring (bicyclic) bond motifs is 6. The molecule has 0 radical (unpaired) electrons. The lowest BCUT2D eigenvalue weighted by Crippen LogP contribution is -2.49. The normalized spacial score (nSPS) is 24.0. The van der Waals surface area contributed by atoms with Crippen molar-refractivity contribution in [1.29, 1.82) is 0 Å². The summed E-state index contributed by atoms with van der Waals surface area (Å²) in [5.41, 5.74) is 4.68. The Hall–Kier alpha value is -4.08. The van der Waals surface area contributed by atoms with Crippen LogP contribution in [0.3, 0.4) is 0 Å². The molecule has 52 heavy (non-hydrogen) atoms. The Morgan fingerprint density at radius 1 is 0.327 bits per heavy atom.